The highest BCUT2D eigenvalue weighted by atomic mass is 16.4. The Morgan fingerprint density at radius 1 is 1.22 bits per heavy atom. The van der Waals surface area contributed by atoms with Gasteiger partial charge in [-0.05, 0) is 43.5 Å². The third-order valence-electron chi connectivity index (χ3n) is 5.25. The number of aliphatic carboxylic acids is 1. The van der Waals surface area contributed by atoms with Gasteiger partial charge >= 0.3 is 12.0 Å². The van der Waals surface area contributed by atoms with E-state index in [1.165, 1.54) is 18.4 Å². The number of benzene rings is 1. The highest BCUT2D eigenvalue weighted by Gasteiger charge is 2.26. The van der Waals surface area contributed by atoms with E-state index in [-0.39, 0.29) is 11.9 Å². The van der Waals surface area contributed by atoms with E-state index in [0.29, 0.717) is 32.5 Å². The molecule has 1 aliphatic heterocycles. The second-order valence-corrected chi connectivity index (χ2v) is 7.30. The Bertz CT molecular complexity index is 612. The predicted octanol–water partition coefficient (Wildman–Crippen LogP) is 3.31. The van der Waals surface area contributed by atoms with Crippen LogP contribution in [-0.4, -0.2) is 53.1 Å². The number of hydrogen-bond donors (Lipinski definition) is 2. The van der Waals surface area contributed by atoms with Crippen molar-refractivity contribution in [3.63, 3.8) is 0 Å². The van der Waals surface area contributed by atoms with Gasteiger partial charge in [0.2, 0.25) is 0 Å². The zero-order valence-corrected chi connectivity index (χ0v) is 16.6. The fraction of sp³-hybridized carbons (Fsp3) is 0.619. The van der Waals surface area contributed by atoms with Crippen LogP contribution in [0.25, 0.3) is 0 Å². The normalized spacial score (nSPS) is 15.1. The fourth-order valence-electron chi connectivity index (χ4n) is 3.45. The topological polar surface area (TPSA) is 72.9 Å². The highest BCUT2D eigenvalue weighted by molar-refractivity contribution is 5.75. The van der Waals surface area contributed by atoms with Crippen molar-refractivity contribution in [1.29, 1.82) is 0 Å². The first-order valence-corrected chi connectivity index (χ1v) is 10.1. The van der Waals surface area contributed by atoms with Crippen molar-refractivity contribution in [2.24, 2.45) is 5.92 Å². The lowest BCUT2D eigenvalue weighted by Gasteiger charge is -2.30. The molecule has 2 rings (SSSR count). The molecule has 1 aliphatic rings. The Kier molecular flexibility index (Phi) is 8.58. The van der Waals surface area contributed by atoms with Crippen LogP contribution >= 0.6 is 0 Å². The van der Waals surface area contributed by atoms with Crippen molar-refractivity contribution in [3.8, 4) is 0 Å². The highest BCUT2D eigenvalue weighted by Crippen LogP contribution is 2.17. The van der Waals surface area contributed by atoms with Crippen LogP contribution in [0.1, 0.15) is 50.7 Å². The van der Waals surface area contributed by atoms with Gasteiger partial charge in [-0.2, -0.15) is 0 Å². The summed E-state index contributed by atoms with van der Waals surface area (Å²) in [5, 5.41) is 12.0. The molecule has 0 bridgehead atoms. The minimum Gasteiger partial charge on any atom is -0.481 e. The average molecular weight is 376 g/mol. The van der Waals surface area contributed by atoms with Crippen LogP contribution in [0.4, 0.5) is 4.79 Å². The molecule has 2 N–H and O–H groups in total. The van der Waals surface area contributed by atoms with E-state index >= 15 is 0 Å². The molecule has 2 amide bonds. The van der Waals surface area contributed by atoms with Gasteiger partial charge in [-0.25, -0.2) is 4.79 Å². The van der Waals surface area contributed by atoms with Crippen molar-refractivity contribution < 1.29 is 14.7 Å². The Morgan fingerprint density at radius 2 is 1.93 bits per heavy atom. The number of carboxylic acid groups (broad SMARTS) is 1. The first-order valence-electron chi connectivity index (χ1n) is 10.1. The van der Waals surface area contributed by atoms with Gasteiger partial charge in [0.15, 0.2) is 0 Å². The lowest BCUT2D eigenvalue weighted by molar-refractivity contribution is -0.143. The summed E-state index contributed by atoms with van der Waals surface area (Å²) in [6.45, 7) is 8.98. The van der Waals surface area contributed by atoms with Gasteiger partial charge < -0.3 is 15.3 Å². The van der Waals surface area contributed by atoms with Crippen LogP contribution in [0, 0.1) is 5.92 Å². The molecule has 1 fully saturated rings. The Labute approximate surface area is 162 Å². The summed E-state index contributed by atoms with van der Waals surface area (Å²) in [7, 11) is 0. The first kappa shape index (κ1) is 21.2. The molecule has 0 unspecified atom stereocenters. The van der Waals surface area contributed by atoms with Crippen molar-refractivity contribution >= 4 is 12.0 Å². The molecular formula is C21H33N3O3. The third-order valence-corrected chi connectivity index (χ3v) is 5.25. The van der Waals surface area contributed by atoms with Crippen LogP contribution in [0.2, 0.25) is 0 Å². The number of nitrogens with zero attached hydrogens (tertiary/aromatic N) is 2. The molecule has 1 heterocycles. The monoisotopic (exact) mass is 375 g/mol. The van der Waals surface area contributed by atoms with E-state index in [0.717, 1.165) is 25.2 Å². The van der Waals surface area contributed by atoms with Crippen molar-refractivity contribution in [2.45, 2.75) is 52.6 Å². The van der Waals surface area contributed by atoms with E-state index < -0.39 is 5.97 Å². The van der Waals surface area contributed by atoms with Gasteiger partial charge in [0.05, 0.1) is 5.92 Å². The number of carbonyl (C=O) groups excluding carboxylic acids is 1. The van der Waals surface area contributed by atoms with Gasteiger partial charge in [0.1, 0.15) is 0 Å². The van der Waals surface area contributed by atoms with Crippen LogP contribution in [0.5, 0.6) is 0 Å². The van der Waals surface area contributed by atoms with Crippen molar-refractivity contribution in [1.82, 2.24) is 15.1 Å². The summed E-state index contributed by atoms with van der Waals surface area (Å²) in [6, 6.07) is 8.26. The molecule has 0 atom stereocenters. The molecule has 27 heavy (non-hydrogen) atoms. The van der Waals surface area contributed by atoms with E-state index in [9.17, 15) is 9.59 Å². The maximum atomic E-state index is 12.3. The summed E-state index contributed by atoms with van der Waals surface area (Å²) in [5.41, 5.74) is 2.36. The number of piperidine rings is 1. The number of amides is 2. The largest absolute Gasteiger partial charge is 0.481 e. The first-order chi connectivity index (χ1) is 13.0. The molecule has 150 valence electrons. The van der Waals surface area contributed by atoms with Crippen LogP contribution in [0.3, 0.4) is 0 Å². The quantitative estimate of drug-likeness (QED) is 0.694. The lowest BCUT2D eigenvalue weighted by atomic mass is 9.97. The zero-order valence-electron chi connectivity index (χ0n) is 16.6. The van der Waals surface area contributed by atoms with Gasteiger partial charge in [0.25, 0.3) is 0 Å². The number of nitrogens with one attached hydrogen (secondary N) is 1. The van der Waals surface area contributed by atoms with E-state index in [1.807, 2.05) is 12.1 Å². The Hall–Kier alpha value is -2.08. The fourth-order valence-corrected chi connectivity index (χ4v) is 3.45. The smallest absolute Gasteiger partial charge is 0.317 e. The molecule has 0 saturated carbocycles. The van der Waals surface area contributed by atoms with Gasteiger partial charge in [-0.1, -0.05) is 44.5 Å². The molecule has 0 aliphatic carbocycles. The van der Waals surface area contributed by atoms with Crippen LogP contribution < -0.4 is 5.32 Å². The average Bonchev–Trinajstić information content (AvgIpc) is 2.69. The van der Waals surface area contributed by atoms with Crippen LogP contribution in [0.15, 0.2) is 24.3 Å². The number of urea groups is 1. The van der Waals surface area contributed by atoms with E-state index in [1.54, 1.807) is 4.90 Å². The Balaban J connectivity index is 1.82. The zero-order chi connectivity index (χ0) is 19.6. The second-order valence-electron chi connectivity index (χ2n) is 7.30. The SMILES string of the molecule is CCCCN(CC)Cc1cccc(CNC(=O)N2CCC(C(=O)O)CC2)c1. The number of unbranched alkanes of at least 4 members (excludes halogenated alkanes) is 1. The summed E-state index contributed by atoms with van der Waals surface area (Å²) < 4.78 is 0. The van der Waals surface area contributed by atoms with Gasteiger partial charge in [0, 0.05) is 26.2 Å². The second kappa shape index (κ2) is 10.9. The Morgan fingerprint density at radius 3 is 2.56 bits per heavy atom. The molecule has 1 aromatic rings. The number of rotatable bonds is 9. The standard InChI is InChI=1S/C21H33N3O3/c1-3-5-11-23(4-2)16-18-8-6-7-17(14-18)15-22-21(27)24-12-9-19(10-13-24)20(25)26/h6-8,14,19H,3-5,9-13,15-16H2,1-2H3,(H,22,27)(H,25,26). The molecule has 6 heteroatoms. The minimum absolute atomic E-state index is 0.109. The number of likely N-dealkylation sites (tertiary alicyclic amines) is 1. The molecule has 1 aromatic carbocycles. The van der Waals surface area contributed by atoms with Crippen molar-refractivity contribution in [3.05, 3.63) is 35.4 Å². The predicted molar refractivity (Wildman–Crippen MR) is 106 cm³/mol. The van der Waals surface area contributed by atoms with Crippen LogP contribution in [-0.2, 0) is 17.9 Å². The summed E-state index contributed by atoms with van der Waals surface area (Å²) in [6.07, 6.45) is 3.47. The molecule has 0 aromatic heterocycles. The molecule has 1 saturated heterocycles. The number of carboxylic acids is 1. The number of carbonyl (C=O) groups is 2. The van der Waals surface area contributed by atoms with Crippen molar-refractivity contribution in [2.75, 3.05) is 26.2 Å². The summed E-state index contributed by atoms with van der Waals surface area (Å²) in [5.74, 6) is -1.08. The summed E-state index contributed by atoms with van der Waals surface area (Å²) >= 11 is 0. The molecule has 0 spiro atoms. The van der Waals surface area contributed by atoms with Gasteiger partial charge in [-0.15, -0.1) is 0 Å². The van der Waals surface area contributed by atoms with E-state index in [2.05, 4.69) is 36.2 Å². The summed E-state index contributed by atoms with van der Waals surface area (Å²) in [4.78, 5) is 27.5. The maximum absolute atomic E-state index is 12.3. The van der Waals surface area contributed by atoms with E-state index in [4.69, 9.17) is 5.11 Å². The lowest BCUT2D eigenvalue weighted by Crippen LogP contribution is -2.45. The number of hydrogen-bond acceptors (Lipinski definition) is 3. The molecular weight excluding hydrogens is 342 g/mol. The molecule has 6 nitrogen and oxygen atoms in total. The molecule has 0 radical (unpaired) electrons. The minimum atomic E-state index is -0.757. The maximum Gasteiger partial charge on any atom is 0.317 e. The van der Waals surface area contributed by atoms with Gasteiger partial charge in [-0.3, -0.25) is 9.69 Å². The third kappa shape index (κ3) is 6.86.